The Labute approximate surface area is 134 Å². The van der Waals surface area contributed by atoms with Crippen molar-refractivity contribution >= 4 is 30.1 Å². The highest BCUT2D eigenvalue weighted by atomic mass is 35.5. The van der Waals surface area contributed by atoms with Crippen LogP contribution in [0.3, 0.4) is 0 Å². The number of halogens is 1. The summed E-state index contributed by atoms with van der Waals surface area (Å²) in [7, 11) is 1.60. The number of furan rings is 1. The SMILES string of the molecule is CNC(=O)c1oc(CSCCN)cc1-c1ccccc1.Cl. The summed E-state index contributed by atoms with van der Waals surface area (Å²) in [6, 6.07) is 11.7. The topological polar surface area (TPSA) is 68.3 Å². The van der Waals surface area contributed by atoms with Gasteiger partial charge in [-0.15, -0.1) is 12.4 Å². The van der Waals surface area contributed by atoms with Crippen LogP contribution in [0.25, 0.3) is 11.1 Å². The lowest BCUT2D eigenvalue weighted by Gasteiger charge is -2.00. The van der Waals surface area contributed by atoms with Gasteiger partial charge in [-0.2, -0.15) is 11.8 Å². The van der Waals surface area contributed by atoms with Crippen LogP contribution in [0.1, 0.15) is 16.3 Å². The zero-order chi connectivity index (χ0) is 14.4. The predicted octanol–water partition coefficient (Wildman–Crippen LogP) is 2.92. The van der Waals surface area contributed by atoms with Crippen LogP contribution in [0.2, 0.25) is 0 Å². The van der Waals surface area contributed by atoms with Gasteiger partial charge in [0.1, 0.15) is 5.76 Å². The minimum atomic E-state index is -0.209. The molecule has 1 aromatic carbocycles. The summed E-state index contributed by atoms with van der Waals surface area (Å²) in [5.74, 6) is 2.53. The van der Waals surface area contributed by atoms with Gasteiger partial charge in [0.2, 0.25) is 0 Å². The molecule has 21 heavy (non-hydrogen) atoms. The molecule has 0 radical (unpaired) electrons. The van der Waals surface area contributed by atoms with E-state index in [1.54, 1.807) is 18.8 Å². The van der Waals surface area contributed by atoms with Gasteiger partial charge in [-0.1, -0.05) is 30.3 Å². The minimum absolute atomic E-state index is 0. The number of amides is 1. The van der Waals surface area contributed by atoms with Crippen molar-refractivity contribution in [3.05, 3.63) is 47.9 Å². The standard InChI is InChI=1S/C15H18N2O2S.ClH/c1-17-15(18)14-13(11-5-3-2-4-6-11)9-12(19-14)10-20-8-7-16;/h2-6,9H,7-8,10,16H2,1H3,(H,17,18);1H. The van der Waals surface area contributed by atoms with E-state index in [-0.39, 0.29) is 18.3 Å². The van der Waals surface area contributed by atoms with Crippen LogP contribution in [-0.2, 0) is 5.75 Å². The summed E-state index contributed by atoms with van der Waals surface area (Å²) in [6.07, 6.45) is 0. The third kappa shape index (κ3) is 4.52. The summed E-state index contributed by atoms with van der Waals surface area (Å²) < 4.78 is 5.69. The lowest BCUT2D eigenvalue weighted by molar-refractivity contribution is 0.0935. The predicted molar refractivity (Wildman–Crippen MR) is 90.0 cm³/mol. The first-order valence-corrected chi connectivity index (χ1v) is 7.59. The van der Waals surface area contributed by atoms with E-state index >= 15 is 0 Å². The Morgan fingerprint density at radius 2 is 2.05 bits per heavy atom. The molecule has 0 saturated carbocycles. The summed E-state index contributed by atoms with van der Waals surface area (Å²) in [6.45, 7) is 0.638. The molecular weight excluding hydrogens is 308 g/mol. The number of nitrogens with one attached hydrogen (secondary N) is 1. The second kappa shape index (κ2) is 8.77. The maximum absolute atomic E-state index is 11.9. The van der Waals surface area contributed by atoms with Crippen LogP contribution in [0.4, 0.5) is 0 Å². The van der Waals surface area contributed by atoms with Gasteiger partial charge >= 0.3 is 0 Å². The average molecular weight is 327 g/mol. The number of thioether (sulfide) groups is 1. The van der Waals surface area contributed by atoms with Crippen LogP contribution in [0.5, 0.6) is 0 Å². The second-order valence-electron chi connectivity index (χ2n) is 4.24. The van der Waals surface area contributed by atoms with Gasteiger partial charge in [0.25, 0.3) is 5.91 Å². The molecule has 0 saturated heterocycles. The van der Waals surface area contributed by atoms with Crippen molar-refractivity contribution in [3.8, 4) is 11.1 Å². The van der Waals surface area contributed by atoms with Crippen molar-refractivity contribution in [2.24, 2.45) is 5.73 Å². The minimum Gasteiger partial charge on any atom is -0.454 e. The molecule has 0 unspecified atom stereocenters. The van der Waals surface area contributed by atoms with Crippen LogP contribution in [-0.4, -0.2) is 25.3 Å². The molecule has 1 heterocycles. The second-order valence-corrected chi connectivity index (χ2v) is 5.35. The third-order valence-electron chi connectivity index (χ3n) is 2.81. The molecule has 2 aromatic rings. The van der Waals surface area contributed by atoms with E-state index in [4.69, 9.17) is 10.2 Å². The zero-order valence-corrected chi connectivity index (χ0v) is 13.4. The van der Waals surface area contributed by atoms with E-state index in [1.807, 2.05) is 36.4 Å². The Hall–Kier alpha value is -1.43. The Bertz CT molecular complexity index is 572. The van der Waals surface area contributed by atoms with Crippen molar-refractivity contribution < 1.29 is 9.21 Å². The molecule has 0 fully saturated rings. The Morgan fingerprint density at radius 1 is 1.33 bits per heavy atom. The fourth-order valence-corrected chi connectivity index (χ4v) is 2.54. The average Bonchev–Trinajstić information content (AvgIpc) is 2.92. The monoisotopic (exact) mass is 326 g/mol. The van der Waals surface area contributed by atoms with Gasteiger partial charge in [-0.3, -0.25) is 4.79 Å². The Kier molecular flexibility index (Phi) is 7.36. The van der Waals surface area contributed by atoms with E-state index < -0.39 is 0 Å². The molecule has 2 rings (SSSR count). The maximum Gasteiger partial charge on any atom is 0.287 e. The summed E-state index contributed by atoms with van der Waals surface area (Å²) >= 11 is 1.69. The number of rotatable bonds is 6. The number of hydrogen-bond acceptors (Lipinski definition) is 4. The molecule has 1 amide bonds. The normalized spacial score (nSPS) is 10.0. The number of hydrogen-bond donors (Lipinski definition) is 2. The van der Waals surface area contributed by atoms with Crippen molar-refractivity contribution in [1.29, 1.82) is 0 Å². The molecule has 0 aliphatic heterocycles. The lowest BCUT2D eigenvalue weighted by atomic mass is 10.1. The zero-order valence-electron chi connectivity index (χ0n) is 11.8. The van der Waals surface area contributed by atoms with E-state index in [9.17, 15) is 4.79 Å². The Balaban J connectivity index is 0.00000220. The Morgan fingerprint density at radius 3 is 2.67 bits per heavy atom. The third-order valence-corrected chi connectivity index (χ3v) is 3.82. The lowest BCUT2D eigenvalue weighted by Crippen LogP contribution is -2.17. The van der Waals surface area contributed by atoms with Gasteiger partial charge in [0.05, 0.1) is 5.75 Å². The van der Waals surface area contributed by atoms with Gasteiger partial charge in [0.15, 0.2) is 5.76 Å². The van der Waals surface area contributed by atoms with E-state index in [0.717, 1.165) is 22.6 Å². The number of nitrogens with two attached hydrogens (primary N) is 1. The molecule has 1 aromatic heterocycles. The van der Waals surface area contributed by atoms with E-state index in [0.29, 0.717) is 18.1 Å². The van der Waals surface area contributed by atoms with E-state index in [1.165, 1.54) is 0 Å². The van der Waals surface area contributed by atoms with E-state index in [2.05, 4.69) is 5.32 Å². The van der Waals surface area contributed by atoms with Gasteiger partial charge in [0, 0.05) is 24.9 Å². The highest BCUT2D eigenvalue weighted by Crippen LogP contribution is 2.29. The summed E-state index contributed by atoms with van der Waals surface area (Å²) in [5, 5.41) is 2.61. The molecule has 0 aliphatic rings. The van der Waals surface area contributed by atoms with Gasteiger partial charge < -0.3 is 15.5 Å². The molecule has 0 spiro atoms. The smallest absolute Gasteiger partial charge is 0.287 e. The van der Waals surface area contributed by atoms with Crippen LogP contribution in [0, 0.1) is 0 Å². The molecule has 6 heteroatoms. The first kappa shape index (κ1) is 17.6. The van der Waals surface area contributed by atoms with Crippen LogP contribution in [0.15, 0.2) is 40.8 Å². The van der Waals surface area contributed by atoms with Crippen molar-refractivity contribution in [3.63, 3.8) is 0 Å². The first-order valence-electron chi connectivity index (χ1n) is 6.44. The number of benzene rings is 1. The quantitative estimate of drug-likeness (QED) is 0.801. The fourth-order valence-electron chi connectivity index (χ4n) is 1.88. The van der Waals surface area contributed by atoms with Gasteiger partial charge in [-0.05, 0) is 11.6 Å². The number of carbonyl (C=O) groups excluding carboxylic acids is 1. The maximum atomic E-state index is 11.9. The molecule has 0 atom stereocenters. The highest BCUT2D eigenvalue weighted by molar-refractivity contribution is 7.98. The van der Waals surface area contributed by atoms with Gasteiger partial charge in [-0.25, -0.2) is 0 Å². The van der Waals surface area contributed by atoms with Crippen molar-refractivity contribution in [1.82, 2.24) is 5.32 Å². The van der Waals surface area contributed by atoms with Crippen LogP contribution < -0.4 is 11.1 Å². The first-order chi connectivity index (χ1) is 9.76. The van der Waals surface area contributed by atoms with Crippen molar-refractivity contribution in [2.75, 3.05) is 19.3 Å². The highest BCUT2D eigenvalue weighted by Gasteiger charge is 2.18. The molecule has 0 aliphatic carbocycles. The van der Waals surface area contributed by atoms with Crippen LogP contribution >= 0.6 is 24.2 Å². The molecule has 0 bridgehead atoms. The molecule has 4 nitrogen and oxygen atoms in total. The number of carbonyl (C=O) groups is 1. The molecule has 114 valence electrons. The van der Waals surface area contributed by atoms with Crippen molar-refractivity contribution in [2.45, 2.75) is 5.75 Å². The largest absolute Gasteiger partial charge is 0.454 e. The fraction of sp³-hybridized carbons (Fsp3) is 0.267. The summed E-state index contributed by atoms with van der Waals surface area (Å²) in [4.78, 5) is 11.9. The summed E-state index contributed by atoms with van der Waals surface area (Å²) in [5.41, 5.74) is 7.28. The molecule has 3 N–H and O–H groups in total. The molecular formula is C15H19ClN2O2S.